The van der Waals surface area contributed by atoms with E-state index in [1.165, 1.54) is 48.4 Å². The third-order valence-electron chi connectivity index (χ3n) is 4.12. The van der Waals surface area contributed by atoms with Gasteiger partial charge in [-0.2, -0.15) is 8.75 Å². The van der Waals surface area contributed by atoms with Crippen molar-refractivity contribution in [2.24, 2.45) is 5.92 Å². The van der Waals surface area contributed by atoms with Gasteiger partial charge in [0, 0.05) is 23.9 Å². The largest absolute Gasteiger partial charge is 0.302 e. The Bertz CT molecular complexity index is 569. The van der Waals surface area contributed by atoms with E-state index in [4.69, 9.17) is 0 Å². The number of hydrogen-bond acceptors (Lipinski definition) is 5. The van der Waals surface area contributed by atoms with Crippen LogP contribution in [0, 0.1) is 5.92 Å². The first-order valence-electron chi connectivity index (χ1n) is 6.68. The van der Waals surface area contributed by atoms with Crippen LogP contribution in [0.1, 0.15) is 18.0 Å². The Balaban J connectivity index is 1.59. The molecule has 19 heavy (non-hydrogen) atoms. The fourth-order valence-corrected chi connectivity index (χ4v) is 4.82. The van der Waals surface area contributed by atoms with Crippen LogP contribution in [0.5, 0.6) is 0 Å². The van der Waals surface area contributed by atoms with E-state index in [0.717, 1.165) is 10.9 Å². The van der Waals surface area contributed by atoms with E-state index in [2.05, 4.69) is 37.9 Å². The Hall–Kier alpha value is -0.910. The molecule has 0 saturated carbocycles. The first-order valence-corrected chi connectivity index (χ1v) is 8.22. The van der Waals surface area contributed by atoms with Crippen molar-refractivity contribution in [3.63, 3.8) is 0 Å². The van der Waals surface area contributed by atoms with Gasteiger partial charge in [-0.25, -0.2) is 0 Å². The zero-order valence-electron chi connectivity index (χ0n) is 10.5. The lowest BCUT2D eigenvalue weighted by Gasteiger charge is -2.20. The molecule has 4 rings (SSSR count). The summed E-state index contributed by atoms with van der Waals surface area (Å²) in [5.74, 6) is 1.41. The molecule has 2 aliphatic rings. The van der Waals surface area contributed by atoms with Crippen molar-refractivity contribution in [1.29, 1.82) is 0 Å². The third kappa shape index (κ3) is 2.20. The highest BCUT2D eigenvalue weighted by atomic mass is 32.2. The number of fused-ring (bicyclic) bond motifs is 2. The average molecular weight is 289 g/mol. The van der Waals surface area contributed by atoms with Crippen LogP contribution in [0.2, 0.25) is 0 Å². The van der Waals surface area contributed by atoms with Crippen molar-refractivity contribution in [3.05, 3.63) is 36.0 Å². The van der Waals surface area contributed by atoms with Gasteiger partial charge in [0.25, 0.3) is 0 Å². The quantitative estimate of drug-likeness (QED) is 0.868. The van der Waals surface area contributed by atoms with E-state index in [0.29, 0.717) is 5.92 Å². The van der Waals surface area contributed by atoms with Gasteiger partial charge in [0.15, 0.2) is 0 Å². The molecule has 98 valence electrons. The van der Waals surface area contributed by atoms with Gasteiger partial charge in [0.1, 0.15) is 5.03 Å². The number of nitrogens with zero attached hydrogens (tertiary/aromatic N) is 3. The minimum atomic E-state index is 0.610. The molecule has 0 N–H and O–H groups in total. The van der Waals surface area contributed by atoms with Crippen molar-refractivity contribution in [3.8, 4) is 0 Å². The lowest BCUT2D eigenvalue weighted by atomic mass is 9.90. The van der Waals surface area contributed by atoms with Crippen LogP contribution < -0.4 is 0 Å². The minimum absolute atomic E-state index is 0.610. The van der Waals surface area contributed by atoms with Gasteiger partial charge < -0.3 is 4.90 Å². The van der Waals surface area contributed by atoms with E-state index >= 15 is 0 Å². The van der Waals surface area contributed by atoms with Gasteiger partial charge in [-0.15, -0.1) is 0 Å². The molecule has 2 bridgehead atoms. The van der Waals surface area contributed by atoms with Gasteiger partial charge in [-0.3, -0.25) is 0 Å². The summed E-state index contributed by atoms with van der Waals surface area (Å²) in [5.41, 5.74) is 1.24. The SMILES string of the molecule is c1ccc(Sc2nsnc2C2CN3CCC2C3)cc1. The zero-order valence-corrected chi connectivity index (χ0v) is 12.2. The van der Waals surface area contributed by atoms with Crippen LogP contribution in [0.25, 0.3) is 0 Å². The van der Waals surface area contributed by atoms with Gasteiger partial charge in [0.05, 0.1) is 17.4 Å². The molecule has 3 unspecified atom stereocenters. The number of aromatic nitrogens is 2. The van der Waals surface area contributed by atoms with Gasteiger partial charge in [-0.1, -0.05) is 30.0 Å². The molecule has 0 amide bonds. The fourth-order valence-electron chi connectivity index (χ4n) is 3.18. The highest BCUT2D eigenvalue weighted by molar-refractivity contribution is 7.99. The normalized spacial score (nSPS) is 28.9. The summed E-state index contributed by atoms with van der Waals surface area (Å²) in [5, 5.41) is 1.12. The van der Waals surface area contributed by atoms with Crippen LogP contribution in [-0.2, 0) is 0 Å². The molecule has 2 aliphatic heterocycles. The number of rotatable bonds is 3. The van der Waals surface area contributed by atoms with Crippen LogP contribution in [0.15, 0.2) is 40.3 Å². The maximum Gasteiger partial charge on any atom is 0.138 e. The van der Waals surface area contributed by atoms with E-state index in [1.54, 1.807) is 11.8 Å². The second-order valence-electron chi connectivity index (χ2n) is 5.28. The predicted molar refractivity (Wildman–Crippen MR) is 77.8 cm³/mol. The predicted octanol–water partition coefficient (Wildman–Crippen LogP) is 3.11. The highest BCUT2D eigenvalue weighted by Gasteiger charge is 2.41. The lowest BCUT2D eigenvalue weighted by molar-refractivity contribution is 0.342. The number of benzene rings is 1. The van der Waals surface area contributed by atoms with E-state index in [9.17, 15) is 0 Å². The molecule has 0 radical (unpaired) electrons. The monoisotopic (exact) mass is 289 g/mol. The molecule has 0 aliphatic carbocycles. The zero-order chi connectivity index (χ0) is 12.7. The molecular formula is C14H15N3S2. The molecule has 2 saturated heterocycles. The van der Waals surface area contributed by atoms with Crippen LogP contribution in [0.4, 0.5) is 0 Å². The Kier molecular flexibility index (Phi) is 3.06. The molecule has 1 aromatic carbocycles. The van der Waals surface area contributed by atoms with Gasteiger partial charge in [-0.05, 0) is 31.0 Å². The second-order valence-corrected chi connectivity index (χ2v) is 6.88. The molecule has 2 aromatic rings. The topological polar surface area (TPSA) is 29.0 Å². The summed E-state index contributed by atoms with van der Waals surface area (Å²) >= 11 is 3.11. The Morgan fingerprint density at radius 1 is 1.16 bits per heavy atom. The standard InChI is InChI=1S/C14H15N3S2/c1-2-4-11(5-3-1)18-14-13(15-19-16-14)12-9-17-7-6-10(12)8-17/h1-5,10,12H,6-9H2. The first-order chi connectivity index (χ1) is 9.40. The van der Waals surface area contributed by atoms with E-state index < -0.39 is 0 Å². The molecule has 3 nitrogen and oxygen atoms in total. The summed E-state index contributed by atoms with van der Waals surface area (Å²) < 4.78 is 9.11. The molecule has 0 spiro atoms. The first kappa shape index (κ1) is 11.9. The third-order valence-corrected chi connectivity index (χ3v) is 5.78. The summed E-state index contributed by atoms with van der Waals surface area (Å²) in [4.78, 5) is 3.81. The summed E-state index contributed by atoms with van der Waals surface area (Å²) in [6, 6.07) is 10.5. The van der Waals surface area contributed by atoms with Crippen LogP contribution >= 0.6 is 23.5 Å². The summed E-state index contributed by atoms with van der Waals surface area (Å²) in [6.07, 6.45) is 1.33. The fraction of sp³-hybridized carbons (Fsp3) is 0.429. The highest BCUT2D eigenvalue weighted by Crippen LogP contribution is 2.43. The van der Waals surface area contributed by atoms with E-state index in [1.807, 2.05) is 6.07 Å². The average Bonchev–Trinajstić information content (AvgIpc) is 3.15. The van der Waals surface area contributed by atoms with Crippen molar-refractivity contribution in [2.75, 3.05) is 19.6 Å². The molecule has 5 heteroatoms. The molecule has 3 atom stereocenters. The van der Waals surface area contributed by atoms with Crippen molar-refractivity contribution in [1.82, 2.24) is 13.6 Å². The maximum atomic E-state index is 4.60. The second kappa shape index (κ2) is 4.89. The number of piperidine rings is 1. The van der Waals surface area contributed by atoms with E-state index in [-0.39, 0.29) is 0 Å². The smallest absolute Gasteiger partial charge is 0.138 e. The van der Waals surface area contributed by atoms with Crippen LogP contribution in [-0.4, -0.2) is 33.3 Å². The minimum Gasteiger partial charge on any atom is -0.302 e. The van der Waals surface area contributed by atoms with Gasteiger partial charge in [0.2, 0.25) is 0 Å². The Morgan fingerprint density at radius 2 is 2.05 bits per heavy atom. The van der Waals surface area contributed by atoms with Gasteiger partial charge >= 0.3 is 0 Å². The molecule has 3 heterocycles. The Labute approximate surface area is 121 Å². The molecule has 1 aromatic heterocycles. The van der Waals surface area contributed by atoms with Crippen molar-refractivity contribution >= 4 is 23.5 Å². The molecular weight excluding hydrogens is 274 g/mol. The molecule has 2 fully saturated rings. The van der Waals surface area contributed by atoms with Crippen LogP contribution in [0.3, 0.4) is 0 Å². The lowest BCUT2D eigenvalue weighted by Crippen LogP contribution is -2.22. The summed E-state index contributed by atoms with van der Waals surface area (Å²) in [7, 11) is 0. The van der Waals surface area contributed by atoms with Crippen molar-refractivity contribution in [2.45, 2.75) is 22.3 Å². The van der Waals surface area contributed by atoms with Crippen molar-refractivity contribution < 1.29 is 0 Å². The summed E-state index contributed by atoms with van der Waals surface area (Å²) in [6.45, 7) is 3.72. The maximum absolute atomic E-state index is 4.60. The Morgan fingerprint density at radius 3 is 2.79 bits per heavy atom. The number of hydrogen-bond donors (Lipinski definition) is 0.